The van der Waals surface area contributed by atoms with Gasteiger partial charge in [-0.1, -0.05) is 34.8 Å². The van der Waals surface area contributed by atoms with Crippen LogP contribution in [0.5, 0.6) is 0 Å². The van der Waals surface area contributed by atoms with Gasteiger partial charge in [0.25, 0.3) is 0 Å². The molecule has 9 heteroatoms. The second-order valence-electron chi connectivity index (χ2n) is 5.20. The van der Waals surface area contributed by atoms with Crippen molar-refractivity contribution in [3.63, 3.8) is 0 Å². The SMILES string of the molecule is O=C(Nc1c(Cl)cc(Cl)cc1Cl)N1CCN(c2ncccn2)CC1. The van der Waals surface area contributed by atoms with Crippen LogP contribution in [0.15, 0.2) is 30.6 Å². The summed E-state index contributed by atoms with van der Waals surface area (Å²) in [7, 11) is 0. The number of halogens is 3. The standard InChI is InChI=1S/C15H14Cl3N5O/c16-10-8-11(17)13(12(18)9-10)21-15(24)23-6-4-22(5-7-23)14-19-2-1-3-20-14/h1-3,8-9H,4-7H2,(H,21,24). The molecule has 0 radical (unpaired) electrons. The third-order valence-corrected chi connectivity index (χ3v) is 4.46. The Kier molecular flexibility index (Phi) is 5.28. The summed E-state index contributed by atoms with van der Waals surface area (Å²) in [4.78, 5) is 24.6. The quantitative estimate of drug-likeness (QED) is 0.853. The molecule has 0 atom stereocenters. The van der Waals surface area contributed by atoms with Crippen molar-refractivity contribution in [1.29, 1.82) is 0 Å². The van der Waals surface area contributed by atoms with Crippen LogP contribution in [0.2, 0.25) is 15.1 Å². The fraction of sp³-hybridized carbons (Fsp3) is 0.267. The maximum atomic E-state index is 12.4. The molecule has 0 saturated carbocycles. The van der Waals surface area contributed by atoms with Gasteiger partial charge in [0.05, 0.1) is 15.7 Å². The van der Waals surface area contributed by atoms with Gasteiger partial charge >= 0.3 is 6.03 Å². The molecule has 1 fully saturated rings. The monoisotopic (exact) mass is 385 g/mol. The highest BCUT2D eigenvalue weighted by molar-refractivity contribution is 6.42. The van der Waals surface area contributed by atoms with Crippen molar-refractivity contribution >= 4 is 52.5 Å². The van der Waals surface area contributed by atoms with Crippen LogP contribution < -0.4 is 10.2 Å². The van der Waals surface area contributed by atoms with Gasteiger partial charge in [-0.25, -0.2) is 14.8 Å². The Morgan fingerprint density at radius 3 is 2.17 bits per heavy atom. The number of nitrogens with zero attached hydrogens (tertiary/aromatic N) is 4. The molecule has 1 aromatic carbocycles. The number of piperazine rings is 1. The van der Waals surface area contributed by atoms with Crippen LogP contribution in [-0.4, -0.2) is 47.1 Å². The Morgan fingerprint density at radius 2 is 1.58 bits per heavy atom. The van der Waals surface area contributed by atoms with Crippen LogP contribution in [0.25, 0.3) is 0 Å². The third-order valence-electron chi connectivity index (χ3n) is 3.64. The second-order valence-corrected chi connectivity index (χ2v) is 6.45. The average molecular weight is 387 g/mol. The topological polar surface area (TPSA) is 61.4 Å². The smallest absolute Gasteiger partial charge is 0.322 e. The van der Waals surface area contributed by atoms with E-state index in [2.05, 4.69) is 15.3 Å². The van der Waals surface area contributed by atoms with E-state index in [-0.39, 0.29) is 6.03 Å². The molecule has 1 saturated heterocycles. The summed E-state index contributed by atoms with van der Waals surface area (Å²) >= 11 is 18.1. The molecule has 0 bridgehead atoms. The largest absolute Gasteiger partial charge is 0.337 e. The van der Waals surface area contributed by atoms with Crippen LogP contribution in [0.1, 0.15) is 0 Å². The Bertz CT molecular complexity index is 712. The van der Waals surface area contributed by atoms with E-state index in [0.717, 1.165) is 0 Å². The Labute approximate surface area is 154 Å². The predicted octanol–water partition coefficient (Wildman–Crippen LogP) is 3.79. The number of urea groups is 1. The molecule has 126 valence electrons. The van der Waals surface area contributed by atoms with Crippen molar-refractivity contribution in [3.05, 3.63) is 45.7 Å². The number of nitrogens with one attached hydrogen (secondary N) is 1. The fourth-order valence-electron chi connectivity index (χ4n) is 2.41. The number of carbonyl (C=O) groups excluding carboxylic acids is 1. The first kappa shape index (κ1) is 17.1. The molecule has 6 nitrogen and oxygen atoms in total. The number of hydrogen-bond donors (Lipinski definition) is 1. The van der Waals surface area contributed by atoms with E-state index in [9.17, 15) is 4.79 Å². The minimum Gasteiger partial charge on any atom is -0.337 e. The number of amides is 2. The molecule has 3 rings (SSSR count). The molecule has 1 aromatic heterocycles. The van der Waals surface area contributed by atoms with Crippen molar-refractivity contribution in [2.45, 2.75) is 0 Å². The van der Waals surface area contributed by atoms with E-state index in [0.29, 0.717) is 52.9 Å². The predicted molar refractivity (Wildman–Crippen MR) is 96.3 cm³/mol. The number of aromatic nitrogens is 2. The summed E-state index contributed by atoms with van der Waals surface area (Å²) in [6.07, 6.45) is 3.40. The molecule has 0 spiro atoms. The number of carbonyl (C=O) groups is 1. The molecule has 0 aliphatic carbocycles. The summed E-state index contributed by atoms with van der Waals surface area (Å²) in [6, 6.07) is 4.59. The first-order valence-electron chi connectivity index (χ1n) is 7.27. The minimum absolute atomic E-state index is 0.255. The molecule has 24 heavy (non-hydrogen) atoms. The second kappa shape index (κ2) is 7.42. The van der Waals surface area contributed by atoms with E-state index in [1.54, 1.807) is 23.4 Å². The molecule has 2 amide bonds. The Balaban J connectivity index is 1.62. The first-order chi connectivity index (χ1) is 11.5. The average Bonchev–Trinajstić information content (AvgIpc) is 2.59. The molecular weight excluding hydrogens is 373 g/mol. The molecule has 1 aliphatic rings. The number of rotatable bonds is 2. The van der Waals surface area contributed by atoms with Crippen molar-refractivity contribution in [3.8, 4) is 0 Å². The summed E-state index contributed by atoms with van der Waals surface area (Å²) in [6.45, 7) is 2.40. The lowest BCUT2D eigenvalue weighted by Gasteiger charge is -2.34. The van der Waals surface area contributed by atoms with Gasteiger partial charge in [0, 0.05) is 43.6 Å². The van der Waals surface area contributed by atoms with Crippen LogP contribution in [0.4, 0.5) is 16.4 Å². The molecule has 1 aliphatic heterocycles. The Hall–Kier alpha value is -1.76. The molecule has 1 N–H and O–H groups in total. The van der Waals surface area contributed by atoms with Crippen LogP contribution >= 0.6 is 34.8 Å². The van der Waals surface area contributed by atoms with E-state index in [1.165, 1.54) is 12.1 Å². The lowest BCUT2D eigenvalue weighted by atomic mass is 10.3. The highest BCUT2D eigenvalue weighted by Crippen LogP contribution is 2.33. The van der Waals surface area contributed by atoms with Gasteiger partial charge in [0.15, 0.2) is 0 Å². The summed E-state index contributed by atoms with van der Waals surface area (Å²) < 4.78 is 0. The first-order valence-corrected chi connectivity index (χ1v) is 8.40. The minimum atomic E-state index is -0.255. The van der Waals surface area contributed by atoms with E-state index < -0.39 is 0 Å². The Morgan fingerprint density at radius 1 is 1.00 bits per heavy atom. The fourth-order valence-corrected chi connectivity index (χ4v) is 3.32. The van der Waals surface area contributed by atoms with Gasteiger partial charge in [-0.3, -0.25) is 0 Å². The summed E-state index contributed by atoms with van der Waals surface area (Å²) in [5.41, 5.74) is 0.363. The van der Waals surface area contributed by atoms with Crippen molar-refractivity contribution in [1.82, 2.24) is 14.9 Å². The van der Waals surface area contributed by atoms with E-state index in [1.807, 2.05) is 4.90 Å². The number of anilines is 2. The lowest BCUT2D eigenvalue weighted by molar-refractivity contribution is 0.208. The van der Waals surface area contributed by atoms with Crippen molar-refractivity contribution in [2.75, 3.05) is 36.4 Å². The normalized spacial score (nSPS) is 14.6. The van der Waals surface area contributed by atoms with Crippen LogP contribution in [0.3, 0.4) is 0 Å². The van der Waals surface area contributed by atoms with Crippen molar-refractivity contribution in [2.24, 2.45) is 0 Å². The molecule has 2 aromatic rings. The lowest BCUT2D eigenvalue weighted by Crippen LogP contribution is -2.50. The number of benzene rings is 1. The van der Waals surface area contributed by atoms with E-state index in [4.69, 9.17) is 34.8 Å². The van der Waals surface area contributed by atoms with Crippen LogP contribution in [-0.2, 0) is 0 Å². The summed E-state index contributed by atoms with van der Waals surface area (Å²) in [5.74, 6) is 0.668. The maximum absolute atomic E-state index is 12.4. The molecule has 0 unspecified atom stereocenters. The van der Waals surface area contributed by atoms with Gasteiger partial charge in [-0.05, 0) is 18.2 Å². The molecule has 2 heterocycles. The zero-order valence-electron chi connectivity index (χ0n) is 12.5. The number of hydrogen-bond acceptors (Lipinski definition) is 4. The zero-order valence-corrected chi connectivity index (χ0v) is 14.8. The van der Waals surface area contributed by atoms with Crippen molar-refractivity contribution < 1.29 is 4.79 Å². The van der Waals surface area contributed by atoms with Gasteiger partial charge < -0.3 is 15.1 Å². The van der Waals surface area contributed by atoms with Gasteiger partial charge in [-0.2, -0.15) is 0 Å². The maximum Gasteiger partial charge on any atom is 0.322 e. The van der Waals surface area contributed by atoms with Gasteiger partial charge in [0.1, 0.15) is 0 Å². The van der Waals surface area contributed by atoms with E-state index >= 15 is 0 Å². The molecular formula is C15H14Cl3N5O. The summed E-state index contributed by atoms with van der Waals surface area (Å²) in [5, 5.41) is 3.77. The third kappa shape index (κ3) is 3.83. The van der Waals surface area contributed by atoms with Gasteiger partial charge in [0.2, 0.25) is 5.95 Å². The van der Waals surface area contributed by atoms with Crippen LogP contribution in [0, 0.1) is 0 Å². The highest BCUT2D eigenvalue weighted by atomic mass is 35.5. The highest BCUT2D eigenvalue weighted by Gasteiger charge is 2.23. The van der Waals surface area contributed by atoms with Gasteiger partial charge in [-0.15, -0.1) is 0 Å². The zero-order chi connectivity index (χ0) is 17.1.